The maximum atomic E-state index is 13.3. The third-order valence-electron chi connectivity index (χ3n) is 2.81. The zero-order valence-electron chi connectivity index (χ0n) is 11.4. The Hall–Kier alpha value is -1.46. The van der Waals surface area contributed by atoms with Crippen LogP contribution in [-0.2, 0) is 6.54 Å². The second-order valence-corrected chi connectivity index (χ2v) is 5.33. The molecule has 0 spiro atoms. The van der Waals surface area contributed by atoms with Gasteiger partial charge in [-0.2, -0.15) is 0 Å². The molecule has 0 bridgehead atoms. The Balaban J connectivity index is 2.30. The molecule has 0 saturated heterocycles. The molecule has 0 aliphatic carbocycles. The van der Waals surface area contributed by atoms with Crippen molar-refractivity contribution in [2.45, 2.75) is 20.4 Å². The molecule has 0 aliphatic rings. The number of benzene rings is 1. The highest BCUT2D eigenvalue weighted by atomic mass is 79.9. The number of hydrogen-bond acceptors (Lipinski definition) is 3. The third kappa shape index (κ3) is 3.77. The molecule has 0 unspecified atom stereocenters. The first-order chi connectivity index (χ1) is 9.60. The van der Waals surface area contributed by atoms with Crippen molar-refractivity contribution in [3.8, 4) is 11.6 Å². The molecule has 1 heterocycles. The van der Waals surface area contributed by atoms with E-state index < -0.39 is 0 Å². The van der Waals surface area contributed by atoms with Crippen molar-refractivity contribution in [3.05, 3.63) is 51.9 Å². The monoisotopic (exact) mass is 338 g/mol. The van der Waals surface area contributed by atoms with Gasteiger partial charge in [0.25, 0.3) is 0 Å². The molecule has 2 rings (SSSR count). The minimum atomic E-state index is -0.323. The van der Waals surface area contributed by atoms with Gasteiger partial charge in [-0.05, 0) is 47.1 Å². The first-order valence-corrected chi connectivity index (χ1v) is 7.18. The fourth-order valence-electron chi connectivity index (χ4n) is 1.73. The highest BCUT2D eigenvalue weighted by Crippen LogP contribution is 2.28. The van der Waals surface area contributed by atoms with Crippen LogP contribution in [0.1, 0.15) is 18.1 Å². The Morgan fingerprint density at radius 2 is 2.15 bits per heavy atom. The minimum Gasteiger partial charge on any atom is -0.438 e. The van der Waals surface area contributed by atoms with Gasteiger partial charge in [-0.3, -0.25) is 0 Å². The molecule has 0 amide bonds. The van der Waals surface area contributed by atoms with E-state index in [0.717, 1.165) is 22.1 Å². The SMILES string of the molecule is CCNCc1cc(Br)cnc1Oc1cc(F)ccc1C. The molecule has 3 nitrogen and oxygen atoms in total. The van der Waals surface area contributed by atoms with Crippen molar-refractivity contribution in [3.63, 3.8) is 0 Å². The zero-order chi connectivity index (χ0) is 14.5. The number of pyridine rings is 1. The molecule has 0 fully saturated rings. The molecule has 1 N–H and O–H groups in total. The average molecular weight is 339 g/mol. The van der Waals surface area contributed by atoms with Gasteiger partial charge in [0, 0.05) is 28.8 Å². The van der Waals surface area contributed by atoms with Crippen LogP contribution in [0.15, 0.2) is 34.9 Å². The Morgan fingerprint density at radius 1 is 1.35 bits per heavy atom. The topological polar surface area (TPSA) is 34.2 Å². The van der Waals surface area contributed by atoms with Crippen LogP contribution in [0.4, 0.5) is 4.39 Å². The fraction of sp³-hybridized carbons (Fsp3) is 0.267. The number of nitrogens with one attached hydrogen (secondary N) is 1. The van der Waals surface area contributed by atoms with Gasteiger partial charge < -0.3 is 10.1 Å². The van der Waals surface area contributed by atoms with Crippen molar-refractivity contribution in [2.24, 2.45) is 0 Å². The normalized spacial score (nSPS) is 10.6. The summed E-state index contributed by atoms with van der Waals surface area (Å²) in [4.78, 5) is 4.27. The summed E-state index contributed by atoms with van der Waals surface area (Å²) in [5, 5.41) is 3.23. The average Bonchev–Trinajstić information content (AvgIpc) is 2.43. The van der Waals surface area contributed by atoms with Crippen LogP contribution >= 0.6 is 15.9 Å². The van der Waals surface area contributed by atoms with Crippen LogP contribution in [0.2, 0.25) is 0 Å². The van der Waals surface area contributed by atoms with Crippen LogP contribution < -0.4 is 10.1 Å². The Kier molecular flexibility index (Phi) is 5.09. The number of halogens is 2. The molecule has 106 valence electrons. The van der Waals surface area contributed by atoms with E-state index in [1.807, 2.05) is 19.9 Å². The van der Waals surface area contributed by atoms with Crippen LogP contribution in [-0.4, -0.2) is 11.5 Å². The molecule has 1 aromatic carbocycles. The smallest absolute Gasteiger partial charge is 0.223 e. The summed E-state index contributed by atoms with van der Waals surface area (Å²) < 4.78 is 19.9. The minimum absolute atomic E-state index is 0.323. The van der Waals surface area contributed by atoms with Crippen molar-refractivity contribution in [1.82, 2.24) is 10.3 Å². The molecular weight excluding hydrogens is 323 g/mol. The lowest BCUT2D eigenvalue weighted by molar-refractivity contribution is 0.445. The van der Waals surface area contributed by atoms with E-state index in [2.05, 4.69) is 26.2 Å². The Labute approximate surface area is 126 Å². The molecule has 0 atom stereocenters. The van der Waals surface area contributed by atoms with E-state index in [1.54, 1.807) is 12.3 Å². The van der Waals surface area contributed by atoms with Gasteiger partial charge in [-0.25, -0.2) is 9.37 Å². The number of aromatic nitrogens is 1. The quantitative estimate of drug-likeness (QED) is 0.887. The van der Waals surface area contributed by atoms with Gasteiger partial charge >= 0.3 is 0 Å². The van der Waals surface area contributed by atoms with Gasteiger partial charge in [0.15, 0.2) is 0 Å². The van der Waals surface area contributed by atoms with Crippen LogP contribution in [0, 0.1) is 12.7 Å². The maximum Gasteiger partial charge on any atom is 0.223 e. The number of ether oxygens (including phenoxy) is 1. The highest BCUT2D eigenvalue weighted by molar-refractivity contribution is 9.10. The molecular formula is C15H16BrFN2O. The second-order valence-electron chi connectivity index (χ2n) is 4.41. The summed E-state index contributed by atoms with van der Waals surface area (Å²) in [6, 6.07) is 6.42. The summed E-state index contributed by atoms with van der Waals surface area (Å²) in [7, 11) is 0. The standard InChI is InChI=1S/C15H16BrFN2O/c1-3-18-8-11-6-12(16)9-19-15(11)20-14-7-13(17)5-4-10(14)2/h4-7,9,18H,3,8H2,1-2H3. The molecule has 20 heavy (non-hydrogen) atoms. The van der Waals surface area contributed by atoms with Crippen molar-refractivity contribution in [2.75, 3.05) is 6.54 Å². The summed E-state index contributed by atoms with van der Waals surface area (Å²) in [6.45, 7) is 5.40. The Morgan fingerprint density at radius 3 is 2.90 bits per heavy atom. The lowest BCUT2D eigenvalue weighted by atomic mass is 10.2. The molecule has 0 saturated carbocycles. The molecule has 0 radical (unpaired) electrons. The first kappa shape index (κ1) is 14.9. The summed E-state index contributed by atoms with van der Waals surface area (Å²) in [6.07, 6.45) is 1.67. The molecule has 0 aliphatic heterocycles. The van der Waals surface area contributed by atoms with E-state index in [1.165, 1.54) is 12.1 Å². The lowest BCUT2D eigenvalue weighted by Crippen LogP contribution is -2.13. The largest absolute Gasteiger partial charge is 0.438 e. The number of rotatable bonds is 5. The van der Waals surface area contributed by atoms with Gasteiger partial charge in [0.1, 0.15) is 11.6 Å². The highest BCUT2D eigenvalue weighted by Gasteiger charge is 2.10. The van der Waals surface area contributed by atoms with Gasteiger partial charge in [0.05, 0.1) is 0 Å². The van der Waals surface area contributed by atoms with Crippen LogP contribution in [0.3, 0.4) is 0 Å². The van der Waals surface area contributed by atoms with Crippen molar-refractivity contribution in [1.29, 1.82) is 0 Å². The van der Waals surface area contributed by atoms with Crippen LogP contribution in [0.5, 0.6) is 11.6 Å². The fourth-order valence-corrected chi connectivity index (χ4v) is 2.11. The van der Waals surface area contributed by atoms with E-state index >= 15 is 0 Å². The van der Waals surface area contributed by atoms with E-state index in [4.69, 9.17) is 4.74 Å². The lowest BCUT2D eigenvalue weighted by Gasteiger charge is -2.12. The van der Waals surface area contributed by atoms with E-state index in [0.29, 0.717) is 18.2 Å². The van der Waals surface area contributed by atoms with Crippen LogP contribution in [0.25, 0.3) is 0 Å². The van der Waals surface area contributed by atoms with Crippen molar-refractivity contribution < 1.29 is 9.13 Å². The van der Waals surface area contributed by atoms with E-state index in [9.17, 15) is 4.39 Å². The summed E-state index contributed by atoms with van der Waals surface area (Å²) in [5.74, 6) is 0.649. The first-order valence-electron chi connectivity index (χ1n) is 6.39. The molecule has 2 aromatic rings. The molecule has 5 heteroatoms. The Bertz CT molecular complexity index is 604. The van der Waals surface area contributed by atoms with E-state index in [-0.39, 0.29) is 5.82 Å². The number of aryl methyl sites for hydroxylation is 1. The predicted molar refractivity (Wildman–Crippen MR) is 80.5 cm³/mol. The summed E-state index contributed by atoms with van der Waals surface area (Å²) >= 11 is 3.39. The second kappa shape index (κ2) is 6.81. The van der Waals surface area contributed by atoms with Gasteiger partial charge in [-0.15, -0.1) is 0 Å². The van der Waals surface area contributed by atoms with Crippen molar-refractivity contribution >= 4 is 15.9 Å². The van der Waals surface area contributed by atoms with Gasteiger partial charge in [-0.1, -0.05) is 13.0 Å². The number of nitrogens with zero attached hydrogens (tertiary/aromatic N) is 1. The zero-order valence-corrected chi connectivity index (χ0v) is 13.0. The van der Waals surface area contributed by atoms with Gasteiger partial charge in [0.2, 0.25) is 5.88 Å². The molecule has 1 aromatic heterocycles. The predicted octanol–water partition coefficient (Wildman–Crippen LogP) is 4.19. The maximum absolute atomic E-state index is 13.3. The number of hydrogen-bond donors (Lipinski definition) is 1. The summed E-state index contributed by atoms with van der Waals surface area (Å²) in [5.41, 5.74) is 1.79. The third-order valence-corrected chi connectivity index (χ3v) is 3.25.